The van der Waals surface area contributed by atoms with E-state index < -0.39 is 5.82 Å². The van der Waals surface area contributed by atoms with E-state index in [1.807, 2.05) is 6.07 Å². The van der Waals surface area contributed by atoms with Gasteiger partial charge in [0.15, 0.2) is 5.82 Å². The monoisotopic (exact) mass is 358 g/mol. The lowest BCUT2D eigenvalue weighted by molar-refractivity contribution is -0.117. The Morgan fingerprint density at radius 3 is 2.96 bits per heavy atom. The van der Waals surface area contributed by atoms with Gasteiger partial charge in [-0.25, -0.2) is 4.39 Å². The summed E-state index contributed by atoms with van der Waals surface area (Å²) in [6, 6.07) is 9.47. The van der Waals surface area contributed by atoms with Crippen molar-refractivity contribution in [2.45, 2.75) is 12.3 Å². The van der Waals surface area contributed by atoms with Crippen molar-refractivity contribution in [2.24, 2.45) is 0 Å². The molecule has 8 heteroatoms. The number of anilines is 1. The van der Waals surface area contributed by atoms with Gasteiger partial charge in [0.25, 0.3) is 5.89 Å². The number of aromatic nitrogens is 3. The molecule has 6 nitrogen and oxygen atoms in total. The molecule has 25 heavy (non-hydrogen) atoms. The molecular weight excluding hydrogens is 347 g/mol. The number of pyridine rings is 1. The van der Waals surface area contributed by atoms with Gasteiger partial charge in [-0.2, -0.15) is 4.98 Å². The molecular formula is C17H12ClFN4O2. The Kier molecular flexibility index (Phi) is 3.93. The number of carbonyl (C=O) groups excluding carboxylic acids is 1. The van der Waals surface area contributed by atoms with Crippen LogP contribution in [-0.2, 0) is 4.79 Å². The number of benzene rings is 1. The van der Waals surface area contributed by atoms with Crippen LogP contribution in [-0.4, -0.2) is 27.6 Å². The maximum absolute atomic E-state index is 14.0. The molecule has 1 fully saturated rings. The standard InChI is InChI=1S/C17H12ClFN4O2/c18-11-4-5-12(19)14(8-11)23-9-10(7-15(23)24)16-21-17(25-22-16)13-3-1-2-6-20-13/h1-6,8,10H,7,9H2. The number of nitrogens with zero attached hydrogens (tertiary/aromatic N) is 4. The van der Waals surface area contributed by atoms with Crippen LogP contribution in [0.1, 0.15) is 18.2 Å². The highest BCUT2D eigenvalue weighted by molar-refractivity contribution is 6.31. The molecule has 0 N–H and O–H groups in total. The highest BCUT2D eigenvalue weighted by Crippen LogP contribution is 2.33. The summed E-state index contributed by atoms with van der Waals surface area (Å²) in [6.45, 7) is 0.261. The van der Waals surface area contributed by atoms with E-state index in [2.05, 4.69) is 15.1 Å². The first-order chi connectivity index (χ1) is 12.1. The van der Waals surface area contributed by atoms with Gasteiger partial charge in [-0.1, -0.05) is 22.8 Å². The van der Waals surface area contributed by atoms with Gasteiger partial charge < -0.3 is 9.42 Å². The fourth-order valence-corrected chi connectivity index (χ4v) is 2.97. The van der Waals surface area contributed by atoms with Crippen LogP contribution in [0.25, 0.3) is 11.6 Å². The first kappa shape index (κ1) is 15.7. The van der Waals surface area contributed by atoms with Crippen LogP contribution < -0.4 is 4.90 Å². The van der Waals surface area contributed by atoms with E-state index in [9.17, 15) is 9.18 Å². The molecule has 1 aliphatic heterocycles. The third kappa shape index (κ3) is 2.98. The lowest BCUT2D eigenvalue weighted by atomic mass is 10.1. The van der Waals surface area contributed by atoms with Crippen LogP contribution in [0.15, 0.2) is 47.1 Å². The zero-order valence-electron chi connectivity index (χ0n) is 12.9. The predicted octanol–water partition coefficient (Wildman–Crippen LogP) is 3.44. The quantitative estimate of drug-likeness (QED) is 0.717. The van der Waals surface area contributed by atoms with Crippen LogP contribution in [0, 0.1) is 5.82 Å². The number of carbonyl (C=O) groups is 1. The molecule has 1 aromatic carbocycles. The van der Waals surface area contributed by atoms with E-state index >= 15 is 0 Å². The Balaban J connectivity index is 1.59. The molecule has 0 aliphatic carbocycles. The molecule has 0 saturated carbocycles. The smallest absolute Gasteiger partial charge is 0.276 e. The normalized spacial score (nSPS) is 17.3. The summed E-state index contributed by atoms with van der Waals surface area (Å²) in [5.74, 6) is -0.308. The fraction of sp³-hybridized carbons (Fsp3) is 0.176. The minimum absolute atomic E-state index is 0.161. The molecule has 1 unspecified atom stereocenters. The van der Waals surface area contributed by atoms with Gasteiger partial charge in [0, 0.05) is 30.1 Å². The van der Waals surface area contributed by atoms with E-state index in [1.165, 1.54) is 23.1 Å². The number of rotatable bonds is 3. The summed E-state index contributed by atoms with van der Waals surface area (Å²) in [5.41, 5.74) is 0.719. The molecule has 1 aliphatic rings. The summed E-state index contributed by atoms with van der Waals surface area (Å²) in [4.78, 5) is 22.2. The number of hydrogen-bond donors (Lipinski definition) is 0. The second-order valence-electron chi connectivity index (χ2n) is 5.67. The van der Waals surface area contributed by atoms with Crippen molar-refractivity contribution in [3.05, 3.63) is 59.3 Å². The number of halogens is 2. The fourth-order valence-electron chi connectivity index (χ4n) is 2.80. The van der Waals surface area contributed by atoms with Crippen LogP contribution in [0.3, 0.4) is 0 Å². The molecule has 1 saturated heterocycles. The minimum Gasteiger partial charge on any atom is -0.332 e. The average molecular weight is 359 g/mol. The van der Waals surface area contributed by atoms with E-state index in [4.69, 9.17) is 16.1 Å². The topological polar surface area (TPSA) is 72.1 Å². The summed E-state index contributed by atoms with van der Waals surface area (Å²) in [6.07, 6.45) is 1.80. The van der Waals surface area contributed by atoms with Crippen molar-refractivity contribution in [2.75, 3.05) is 11.4 Å². The van der Waals surface area contributed by atoms with E-state index in [1.54, 1.807) is 18.3 Å². The third-order valence-corrected chi connectivity index (χ3v) is 4.25. The molecule has 0 spiro atoms. The molecule has 3 aromatic rings. The maximum atomic E-state index is 14.0. The average Bonchev–Trinajstić information content (AvgIpc) is 3.25. The number of amides is 1. The summed E-state index contributed by atoms with van der Waals surface area (Å²) in [7, 11) is 0. The van der Waals surface area contributed by atoms with Crippen molar-refractivity contribution < 1.29 is 13.7 Å². The Morgan fingerprint density at radius 2 is 2.16 bits per heavy atom. The van der Waals surface area contributed by atoms with Crippen LogP contribution in [0.5, 0.6) is 0 Å². The maximum Gasteiger partial charge on any atom is 0.276 e. The van der Waals surface area contributed by atoms with Crippen molar-refractivity contribution in [3.63, 3.8) is 0 Å². The van der Waals surface area contributed by atoms with E-state index in [0.717, 1.165) is 0 Å². The SMILES string of the molecule is O=C1CC(c2noc(-c3ccccn3)n2)CN1c1cc(Cl)ccc1F. The predicted molar refractivity (Wildman–Crippen MR) is 88.7 cm³/mol. The zero-order valence-corrected chi connectivity index (χ0v) is 13.7. The van der Waals surface area contributed by atoms with Crippen molar-refractivity contribution in [3.8, 4) is 11.6 Å². The van der Waals surface area contributed by atoms with Crippen molar-refractivity contribution >= 4 is 23.2 Å². The molecule has 4 rings (SSSR count). The van der Waals surface area contributed by atoms with Gasteiger partial charge in [-0.05, 0) is 30.3 Å². The molecule has 3 heterocycles. The minimum atomic E-state index is -0.499. The van der Waals surface area contributed by atoms with Crippen LogP contribution in [0.2, 0.25) is 5.02 Å². The zero-order chi connectivity index (χ0) is 17.4. The van der Waals surface area contributed by atoms with Crippen LogP contribution in [0.4, 0.5) is 10.1 Å². The van der Waals surface area contributed by atoms with E-state index in [0.29, 0.717) is 16.5 Å². The molecule has 126 valence electrons. The van der Waals surface area contributed by atoms with Gasteiger partial charge in [0.1, 0.15) is 11.5 Å². The third-order valence-electron chi connectivity index (χ3n) is 4.01. The Hall–Kier alpha value is -2.80. The second kappa shape index (κ2) is 6.25. The van der Waals surface area contributed by atoms with Gasteiger partial charge in [0.2, 0.25) is 5.91 Å². The van der Waals surface area contributed by atoms with Crippen LogP contribution >= 0.6 is 11.6 Å². The highest BCUT2D eigenvalue weighted by Gasteiger charge is 2.35. The molecule has 0 radical (unpaired) electrons. The van der Waals surface area contributed by atoms with Gasteiger partial charge >= 0.3 is 0 Å². The lowest BCUT2D eigenvalue weighted by Gasteiger charge is -2.17. The lowest BCUT2D eigenvalue weighted by Crippen LogP contribution is -2.25. The molecule has 0 bridgehead atoms. The van der Waals surface area contributed by atoms with E-state index in [-0.39, 0.29) is 36.4 Å². The molecule has 1 amide bonds. The summed E-state index contributed by atoms with van der Waals surface area (Å²) < 4.78 is 19.3. The molecule has 1 atom stereocenters. The number of hydrogen-bond acceptors (Lipinski definition) is 5. The van der Waals surface area contributed by atoms with Gasteiger partial charge in [-0.3, -0.25) is 9.78 Å². The van der Waals surface area contributed by atoms with Crippen molar-refractivity contribution in [1.29, 1.82) is 0 Å². The van der Waals surface area contributed by atoms with Crippen molar-refractivity contribution in [1.82, 2.24) is 15.1 Å². The summed E-state index contributed by atoms with van der Waals surface area (Å²) >= 11 is 5.92. The summed E-state index contributed by atoms with van der Waals surface area (Å²) in [5, 5.41) is 4.32. The van der Waals surface area contributed by atoms with Gasteiger partial charge in [-0.15, -0.1) is 0 Å². The Bertz CT molecular complexity index is 931. The Morgan fingerprint density at radius 1 is 1.28 bits per heavy atom. The second-order valence-corrected chi connectivity index (χ2v) is 6.11. The first-order valence-electron chi connectivity index (χ1n) is 7.62. The molecule has 2 aromatic heterocycles. The highest BCUT2D eigenvalue weighted by atomic mass is 35.5. The first-order valence-corrected chi connectivity index (χ1v) is 8.00. The largest absolute Gasteiger partial charge is 0.332 e. The van der Waals surface area contributed by atoms with Gasteiger partial charge in [0.05, 0.1) is 5.69 Å². The Labute approximate surface area is 147 Å².